The average molecular weight is 272 g/mol. The smallest absolute Gasteiger partial charge is 0.133 e. The van der Waals surface area contributed by atoms with E-state index in [4.69, 9.17) is 5.11 Å². The highest BCUT2D eigenvalue weighted by Gasteiger charge is 2.25. The lowest BCUT2D eigenvalue weighted by Gasteiger charge is -2.38. The van der Waals surface area contributed by atoms with E-state index in [1.807, 2.05) is 6.07 Å². The Morgan fingerprint density at radius 2 is 2.27 bits per heavy atom. The molecule has 1 heterocycles. The van der Waals surface area contributed by atoms with Crippen LogP contribution in [-0.4, -0.2) is 34.3 Å². The van der Waals surface area contributed by atoms with E-state index < -0.39 is 0 Å². The highest BCUT2D eigenvalue weighted by Crippen LogP contribution is 2.28. The van der Waals surface area contributed by atoms with E-state index in [9.17, 15) is 0 Å². The van der Waals surface area contributed by atoms with E-state index in [1.165, 1.54) is 19.3 Å². The largest absolute Gasteiger partial charge is 0.395 e. The van der Waals surface area contributed by atoms with Crippen LogP contribution in [0.15, 0.2) is 17.0 Å². The van der Waals surface area contributed by atoms with Crippen LogP contribution in [0, 0.1) is 0 Å². The third-order valence-corrected chi connectivity index (χ3v) is 3.20. The van der Waals surface area contributed by atoms with Gasteiger partial charge in [-0.05, 0) is 35.2 Å². The van der Waals surface area contributed by atoms with Crippen LogP contribution >= 0.6 is 15.9 Å². The predicted octanol–water partition coefficient (Wildman–Crippen LogP) is 1.59. The lowest BCUT2D eigenvalue weighted by Crippen LogP contribution is -2.42. The Bertz CT molecular complexity index is 330. The summed E-state index contributed by atoms with van der Waals surface area (Å²) in [6.45, 7) is 0.812. The van der Waals surface area contributed by atoms with Gasteiger partial charge in [0.25, 0.3) is 0 Å². The van der Waals surface area contributed by atoms with Crippen molar-refractivity contribution in [2.45, 2.75) is 25.3 Å². The molecule has 0 unspecified atom stereocenters. The summed E-state index contributed by atoms with van der Waals surface area (Å²) >= 11 is 3.33. The second-order valence-electron chi connectivity index (χ2n) is 3.70. The third-order valence-electron chi connectivity index (χ3n) is 2.77. The minimum absolute atomic E-state index is 0.165. The van der Waals surface area contributed by atoms with Gasteiger partial charge in [0.2, 0.25) is 0 Å². The Morgan fingerprint density at radius 1 is 1.47 bits per heavy atom. The number of nitrogens with zero attached hydrogens (tertiary/aromatic N) is 3. The van der Waals surface area contributed by atoms with Gasteiger partial charge in [-0.1, -0.05) is 0 Å². The molecule has 0 radical (unpaired) electrons. The number of aromatic nitrogens is 2. The number of hydrogen-bond acceptors (Lipinski definition) is 4. The van der Waals surface area contributed by atoms with Gasteiger partial charge in [0.15, 0.2) is 0 Å². The zero-order valence-electron chi connectivity index (χ0n) is 8.43. The average Bonchev–Trinajstić information content (AvgIpc) is 2.14. The fourth-order valence-corrected chi connectivity index (χ4v) is 2.07. The van der Waals surface area contributed by atoms with E-state index >= 15 is 0 Å². The van der Waals surface area contributed by atoms with Crippen LogP contribution in [0.25, 0.3) is 0 Å². The van der Waals surface area contributed by atoms with Crippen LogP contribution < -0.4 is 4.90 Å². The molecule has 82 valence electrons. The standard InChI is InChI=1S/C10H14BrN3O/c11-9-6-10(13-7-12-9)14(4-5-15)8-2-1-3-8/h6-8,15H,1-5H2. The van der Waals surface area contributed by atoms with Crippen molar-refractivity contribution in [1.29, 1.82) is 0 Å². The minimum atomic E-state index is 0.165. The Balaban J connectivity index is 2.15. The number of anilines is 1. The Kier molecular flexibility index (Phi) is 3.53. The minimum Gasteiger partial charge on any atom is -0.395 e. The molecule has 0 aromatic carbocycles. The molecule has 0 spiro atoms. The van der Waals surface area contributed by atoms with Crippen molar-refractivity contribution in [3.63, 3.8) is 0 Å². The Hall–Kier alpha value is -0.680. The number of hydrogen-bond donors (Lipinski definition) is 1. The van der Waals surface area contributed by atoms with Crippen molar-refractivity contribution in [1.82, 2.24) is 9.97 Å². The Labute approximate surface area is 97.5 Å². The Morgan fingerprint density at radius 3 is 2.80 bits per heavy atom. The van der Waals surface area contributed by atoms with E-state index in [1.54, 1.807) is 6.33 Å². The second-order valence-corrected chi connectivity index (χ2v) is 4.51. The summed E-state index contributed by atoms with van der Waals surface area (Å²) < 4.78 is 0.787. The van der Waals surface area contributed by atoms with Crippen molar-refractivity contribution >= 4 is 21.7 Å². The van der Waals surface area contributed by atoms with E-state index in [-0.39, 0.29) is 6.61 Å². The van der Waals surface area contributed by atoms with E-state index in [0.29, 0.717) is 12.6 Å². The highest BCUT2D eigenvalue weighted by atomic mass is 79.9. The van der Waals surface area contributed by atoms with Gasteiger partial charge >= 0.3 is 0 Å². The molecule has 0 atom stereocenters. The van der Waals surface area contributed by atoms with Gasteiger partial charge in [0.05, 0.1) is 6.61 Å². The van der Waals surface area contributed by atoms with Crippen molar-refractivity contribution in [3.8, 4) is 0 Å². The van der Waals surface area contributed by atoms with Crippen LogP contribution in [0.3, 0.4) is 0 Å². The van der Waals surface area contributed by atoms with E-state index in [2.05, 4.69) is 30.8 Å². The molecule has 0 aliphatic heterocycles. The summed E-state index contributed by atoms with van der Waals surface area (Å²) in [7, 11) is 0. The predicted molar refractivity (Wildman–Crippen MR) is 61.8 cm³/mol. The third kappa shape index (κ3) is 2.46. The fraction of sp³-hybridized carbons (Fsp3) is 0.600. The molecule has 1 aromatic rings. The van der Waals surface area contributed by atoms with Crippen LogP contribution in [0.2, 0.25) is 0 Å². The molecule has 5 heteroatoms. The first-order valence-corrected chi connectivity index (χ1v) is 5.95. The first-order chi connectivity index (χ1) is 7.31. The van der Waals surface area contributed by atoms with Crippen LogP contribution in [-0.2, 0) is 0 Å². The molecule has 4 nitrogen and oxygen atoms in total. The maximum Gasteiger partial charge on any atom is 0.133 e. The normalized spacial score (nSPS) is 16.1. The van der Waals surface area contributed by atoms with Crippen molar-refractivity contribution < 1.29 is 5.11 Å². The summed E-state index contributed by atoms with van der Waals surface area (Å²) in [6.07, 6.45) is 5.21. The molecule has 1 N–H and O–H groups in total. The van der Waals surface area contributed by atoms with Crippen molar-refractivity contribution in [3.05, 3.63) is 17.0 Å². The molecule has 0 bridgehead atoms. The zero-order valence-corrected chi connectivity index (χ0v) is 10.0. The van der Waals surface area contributed by atoms with Crippen LogP contribution in [0.4, 0.5) is 5.82 Å². The van der Waals surface area contributed by atoms with Crippen LogP contribution in [0.5, 0.6) is 0 Å². The molecular formula is C10H14BrN3O. The van der Waals surface area contributed by atoms with Gasteiger partial charge in [-0.25, -0.2) is 9.97 Å². The monoisotopic (exact) mass is 271 g/mol. The van der Waals surface area contributed by atoms with Gasteiger partial charge in [-0.15, -0.1) is 0 Å². The van der Waals surface area contributed by atoms with Crippen molar-refractivity contribution in [2.24, 2.45) is 0 Å². The number of halogens is 1. The molecule has 15 heavy (non-hydrogen) atoms. The van der Waals surface area contributed by atoms with Gasteiger partial charge in [0, 0.05) is 18.7 Å². The highest BCUT2D eigenvalue weighted by molar-refractivity contribution is 9.10. The maximum absolute atomic E-state index is 9.04. The number of aliphatic hydroxyl groups excluding tert-OH is 1. The molecule has 0 saturated heterocycles. The molecule has 1 saturated carbocycles. The molecule has 1 aromatic heterocycles. The molecule has 0 amide bonds. The zero-order chi connectivity index (χ0) is 10.7. The molecule has 2 rings (SSSR count). The lowest BCUT2D eigenvalue weighted by molar-refractivity contribution is 0.283. The first-order valence-electron chi connectivity index (χ1n) is 5.16. The van der Waals surface area contributed by atoms with Crippen LogP contribution in [0.1, 0.15) is 19.3 Å². The topological polar surface area (TPSA) is 49.2 Å². The molecule has 1 fully saturated rings. The van der Waals surface area contributed by atoms with Gasteiger partial charge < -0.3 is 10.0 Å². The SMILES string of the molecule is OCCN(c1cc(Br)ncn1)C1CCC1. The van der Waals surface area contributed by atoms with Gasteiger partial charge in [0.1, 0.15) is 16.7 Å². The summed E-state index contributed by atoms with van der Waals surface area (Å²) in [5, 5.41) is 9.04. The van der Waals surface area contributed by atoms with E-state index in [0.717, 1.165) is 10.4 Å². The summed E-state index contributed by atoms with van der Waals surface area (Å²) in [5.74, 6) is 0.899. The molecule has 1 aliphatic carbocycles. The quantitative estimate of drug-likeness (QED) is 0.846. The summed E-state index contributed by atoms with van der Waals surface area (Å²) in [4.78, 5) is 10.4. The van der Waals surface area contributed by atoms with Crippen molar-refractivity contribution in [2.75, 3.05) is 18.1 Å². The fourth-order valence-electron chi connectivity index (χ4n) is 1.77. The summed E-state index contributed by atoms with van der Waals surface area (Å²) in [5.41, 5.74) is 0. The second kappa shape index (κ2) is 4.90. The lowest BCUT2D eigenvalue weighted by atomic mass is 9.91. The van der Waals surface area contributed by atoms with Gasteiger partial charge in [-0.2, -0.15) is 0 Å². The molecule has 1 aliphatic rings. The van der Waals surface area contributed by atoms with Gasteiger partial charge in [-0.3, -0.25) is 0 Å². The molecular weight excluding hydrogens is 258 g/mol. The number of aliphatic hydroxyl groups is 1. The number of rotatable bonds is 4. The first kappa shape index (κ1) is 10.8. The summed E-state index contributed by atoms with van der Waals surface area (Å²) in [6, 6.07) is 2.44. The maximum atomic E-state index is 9.04.